The Kier molecular flexibility index (Phi) is 10.6. The van der Waals surface area contributed by atoms with Crippen LogP contribution in [0.4, 0.5) is 0 Å². The first-order valence-corrected chi connectivity index (χ1v) is 11.1. The molecule has 0 aliphatic rings. The van der Waals surface area contributed by atoms with Crippen LogP contribution >= 0.6 is 35.6 Å². The SMILES string of the molecule is Cl.N#CCc1ccccc1-c1ccccc1Cl.N=C(N)Cc1ccccc1-c1ccccc1Cl. The van der Waals surface area contributed by atoms with Crippen molar-refractivity contribution in [2.75, 3.05) is 0 Å². The number of nitrogens with zero attached hydrogens (tertiary/aromatic N) is 1. The van der Waals surface area contributed by atoms with Gasteiger partial charge in [-0.05, 0) is 34.4 Å². The van der Waals surface area contributed by atoms with Gasteiger partial charge >= 0.3 is 0 Å². The molecule has 0 saturated carbocycles. The summed E-state index contributed by atoms with van der Waals surface area (Å²) in [7, 11) is 0. The van der Waals surface area contributed by atoms with Crippen molar-refractivity contribution >= 4 is 41.4 Å². The summed E-state index contributed by atoms with van der Waals surface area (Å²) in [6, 6.07) is 33.3. The molecule has 4 aromatic carbocycles. The van der Waals surface area contributed by atoms with Crippen molar-refractivity contribution in [3.63, 3.8) is 0 Å². The van der Waals surface area contributed by atoms with Gasteiger partial charge in [0.2, 0.25) is 0 Å². The molecule has 0 bridgehead atoms. The van der Waals surface area contributed by atoms with Crippen molar-refractivity contribution in [2.45, 2.75) is 12.8 Å². The van der Waals surface area contributed by atoms with Crippen molar-refractivity contribution < 1.29 is 0 Å². The van der Waals surface area contributed by atoms with E-state index in [4.69, 9.17) is 39.6 Å². The molecule has 34 heavy (non-hydrogen) atoms. The molecule has 0 spiro atoms. The Bertz CT molecular complexity index is 1300. The molecule has 0 aliphatic heterocycles. The van der Waals surface area contributed by atoms with Crippen LogP contribution in [0.2, 0.25) is 10.0 Å². The van der Waals surface area contributed by atoms with Gasteiger partial charge in [-0.2, -0.15) is 5.26 Å². The minimum absolute atomic E-state index is 0. The van der Waals surface area contributed by atoms with Gasteiger partial charge in [0.15, 0.2) is 0 Å². The lowest BCUT2D eigenvalue weighted by Gasteiger charge is -2.10. The summed E-state index contributed by atoms with van der Waals surface area (Å²) in [4.78, 5) is 0. The zero-order chi connectivity index (χ0) is 23.6. The van der Waals surface area contributed by atoms with Gasteiger partial charge in [-0.3, -0.25) is 5.41 Å². The van der Waals surface area contributed by atoms with Gasteiger partial charge in [0.05, 0.1) is 18.3 Å². The highest BCUT2D eigenvalue weighted by molar-refractivity contribution is 6.33. The molecule has 4 rings (SSSR count). The first-order chi connectivity index (χ1) is 16.0. The zero-order valence-corrected chi connectivity index (χ0v) is 20.7. The van der Waals surface area contributed by atoms with Crippen LogP contribution in [-0.4, -0.2) is 5.84 Å². The van der Waals surface area contributed by atoms with Crippen molar-refractivity contribution in [1.29, 1.82) is 10.7 Å². The lowest BCUT2D eigenvalue weighted by atomic mass is 9.97. The molecular formula is C28H24Cl3N3. The monoisotopic (exact) mass is 507 g/mol. The minimum Gasteiger partial charge on any atom is -0.387 e. The van der Waals surface area contributed by atoms with Gasteiger partial charge in [0.25, 0.3) is 0 Å². The smallest absolute Gasteiger partial charge is 0.0950 e. The number of nitriles is 1. The number of benzene rings is 4. The summed E-state index contributed by atoms with van der Waals surface area (Å²) in [5, 5.41) is 17.6. The molecule has 6 heteroatoms. The number of hydrogen-bond acceptors (Lipinski definition) is 2. The van der Waals surface area contributed by atoms with E-state index in [1.807, 2.05) is 97.1 Å². The number of nitrogens with one attached hydrogen (secondary N) is 1. The number of hydrogen-bond donors (Lipinski definition) is 2. The highest BCUT2D eigenvalue weighted by Crippen LogP contribution is 2.31. The fourth-order valence-electron chi connectivity index (χ4n) is 3.52. The predicted octanol–water partition coefficient (Wildman–Crippen LogP) is 7.98. The van der Waals surface area contributed by atoms with Crippen LogP contribution in [0.5, 0.6) is 0 Å². The van der Waals surface area contributed by atoms with E-state index < -0.39 is 0 Å². The van der Waals surface area contributed by atoms with Gasteiger partial charge in [-0.15, -0.1) is 12.4 Å². The van der Waals surface area contributed by atoms with Gasteiger partial charge in [-0.1, -0.05) is 108 Å². The highest BCUT2D eigenvalue weighted by Gasteiger charge is 2.08. The number of nitrogens with two attached hydrogens (primary N) is 1. The topological polar surface area (TPSA) is 73.7 Å². The molecule has 0 fully saturated rings. The maximum Gasteiger partial charge on any atom is 0.0950 e. The summed E-state index contributed by atoms with van der Waals surface area (Å²) in [5.41, 5.74) is 11.5. The van der Waals surface area contributed by atoms with E-state index in [9.17, 15) is 0 Å². The predicted molar refractivity (Wildman–Crippen MR) is 146 cm³/mol. The Morgan fingerprint density at radius 1 is 0.676 bits per heavy atom. The number of rotatable bonds is 5. The summed E-state index contributed by atoms with van der Waals surface area (Å²) in [6.07, 6.45) is 0.850. The maximum absolute atomic E-state index is 8.78. The molecule has 4 aromatic rings. The second-order valence-electron chi connectivity index (χ2n) is 7.31. The fourth-order valence-corrected chi connectivity index (χ4v) is 4.00. The third-order valence-electron chi connectivity index (χ3n) is 5.01. The molecule has 0 heterocycles. The van der Waals surface area contributed by atoms with Crippen molar-refractivity contribution in [2.24, 2.45) is 5.73 Å². The van der Waals surface area contributed by atoms with Crippen LogP contribution in [0.3, 0.4) is 0 Å². The first-order valence-electron chi connectivity index (χ1n) is 10.4. The van der Waals surface area contributed by atoms with E-state index in [0.717, 1.165) is 33.4 Å². The van der Waals surface area contributed by atoms with E-state index in [2.05, 4.69) is 6.07 Å². The van der Waals surface area contributed by atoms with Crippen molar-refractivity contribution in [3.8, 4) is 28.3 Å². The normalized spacial score (nSPS) is 9.68. The lowest BCUT2D eigenvalue weighted by Crippen LogP contribution is -2.13. The Morgan fingerprint density at radius 2 is 1.06 bits per heavy atom. The molecule has 0 atom stereocenters. The van der Waals surface area contributed by atoms with Crippen molar-refractivity contribution in [1.82, 2.24) is 0 Å². The molecule has 3 N–H and O–H groups in total. The summed E-state index contributed by atoms with van der Waals surface area (Å²) in [6.45, 7) is 0. The van der Waals surface area contributed by atoms with Gasteiger partial charge < -0.3 is 5.73 Å². The summed E-state index contributed by atoms with van der Waals surface area (Å²) >= 11 is 12.3. The fraction of sp³-hybridized carbons (Fsp3) is 0.0714. The molecule has 0 aromatic heterocycles. The average molecular weight is 509 g/mol. The molecule has 0 unspecified atom stereocenters. The van der Waals surface area contributed by atoms with E-state index >= 15 is 0 Å². The molecule has 3 nitrogen and oxygen atoms in total. The van der Waals surface area contributed by atoms with Crippen LogP contribution in [0.15, 0.2) is 97.1 Å². The average Bonchev–Trinajstić information content (AvgIpc) is 2.81. The van der Waals surface area contributed by atoms with E-state index in [0.29, 0.717) is 22.9 Å². The highest BCUT2D eigenvalue weighted by atomic mass is 35.5. The van der Waals surface area contributed by atoms with Gasteiger partial charge in [-0.25, -0.2) is 0 Å². The maximum atomic E-state index is 8.78. The quantitative estimate of drug-likeness (QED) is 0.212. The molecule has 0 amide bonds. The largest absolute Gasteiger partial charge is 0.387 e. The first kappa shape index (κ1) is 27.0. The molecule has 0 saturated heterocycles. The Hall–Kier alpha value is -3.29. The summed E-state index contributed by atoms with van der Waals surface area (Å²) in [5.74, 6) is 0.157. The molecular weight excluding hydrogens is 485 g/mol. The van der Waals surface area contributed by atoms with Gasteiger partial charge in [0.1, 0.15) is 0 Å². The summed E-state index contributed by atoms with van der Waals surface area (Å²) < 4.78 is 0. The van der Waals surface area contributed by atoms with Crippen molar-refractivity contribution in [3.05, 3.63) is 118 Å². The minimum atomic E-state index is 0. The zero-order valence-electron chi connectivity index (χ0n) is 18.3. The standard InChI is InChI=1S/C14H13ClN2.C14H10ClN.ClH/c15-13-8-4-3-7-12(13)11-6-2-1-5-10(11)9-14(16)17;15-14-8-4-3-7-13(14)12-6-2-1-5-11(12)9-10-16;/h1-8H,9H2,(H3,16,17);1-8H,9H2;1H. The van der Waals surface area contributed by atoms with Crippen LogP contribution in [0.25, 0.3) is 22.3 Å². The van der Waals surface area contributed by atoms with Crippen LogP contribution in [0.1, 0.15) is 11.1 Å². The second-order valence-corrected chi connectivity index (χ2v) is 8.13. The number of amidine groups is 1. The Balaban J connectivity index is 0.000000234. The molecule has 0 aliphatic carbocycles. The van der Waals surface area contributed by atoms with E-state index in [1.54, 1.807) is 0 Å². The Labute approximate surface area is 216 Å². The van der Waals surface area contributed by atoms with Crippen LogP contribution < -0.4 is 5.73 Å². The third kappa shape index (κ3) is 7.10. The molecule has 172 valence electrons. The van der Waals surface area contributed by atoms with Gasteiger partial charge in [0, 0.05) is 27.6 Å². The lowest BCUT2D eigenvalue weighted by molar-refractivity contribution is 1.25. The second kappa shape index (κ2) is 13.4. The molecule has 0 radical (unpaired) electrons. The third-order valence-corrected chi connectivity index (χ3v) is 5.67. The number of halogens is 3. The van der Waals surface area contributed by atoms with Crippen LogP contribution in [-0.2, 0) is 12.8 Å². The Morgan fingerprint density at radius 3 is 1.50 bits per heavy atom. The van der Waals surface area contributed by atoms with E-state index in [-0.39, 0.29) is 18.2 Å². The van der Waals surface area contributed by atoms with E-state index in [1.165, 1.54) is 0 Å². The van der Waals surface area contributed by atoms with Crippen LogP contribution in [0, 0.1) is 16.7 Å².